The summed E-state index contributed by atoms with van der Waals surface area (Å²) in [5.41, 5.74) is 5.77. The highest BCUT2D eigenvalue weighted by Crippen LogP contribution is 2.22. The third-order valence-corrected chi connectivity index (χ3v) is 4.10. The van der Waals surface area contributed by atoms with Crippen LogP contribution in [-0.4, -0.2) is 28.1 Å². The van der Waals surface area contributed by atoms with E-state index in [0.717, 1.165) is 16.8 Å². The lowest BCUT2D eigenvalue weighted by Gasteiger charge is -2.16. The molecule has 0 saturated heterocycles. The van der Waals surface area contributed by atoms with Crippen LogP contribution >= 0.6 is 27.3 Å². The van der Waals surface area contributed by atoms with Gasteiger partial charge in [-0.2, -0.15) is 0 Å². The predicted molar refractivity (Wildman–Crippen MR) is 78.7 cm³/mol. The van der Waals surface area contributed by atoms with E-state index in [1.807, 2.05) is 17.3 Å². The number of hydrogen-bond acceptors (Lipinski definition) is 6. The van der Waals surface area contributed by atoms with E-state index in [0.29, 0.717) is 5.69 Å². The molecule has 0 unspecified atom stereocenters. The van der Waals surface area contributed by atoms with Crippen LogP contribution in [0.25, 0.3) is 0 Å². The first-order valence-electron chi connectivity index (χ1n) is 5.34. The number of halogens is 1. The zero-order valence-electron chi connectivity index (χ0n) is 10.1. The molecule has 0 saturated carbocycles. The van der Waals surface area contributed by atoms with Gasteiger partial charge in [0.05, 0.1) is 18.9 Å². The molecule has 100 valence electrons. The van der Waals surface area contributed by atoms with E-state index in [4.69, 9.17) is 10.9 Å². The Bertz CT molecular complexity index is 583. The number of oxime groups is 1. The molecule has 0 aliphatic carbocycles. The SMILES string of the molecule is CN(Cc1cc(Br)cs1)c1cnc(C(N)=NO)cn1. The third kappa shape index (κ3) is 3.42. The standard InChI is InChI=1S/C11H12BrN5OS/c1-17(5-8-2-7(12)6-19-8)10-4-14-9(3-15-10)11(13)16-18/h2-4,6,18H,5H2,1H3,(H2,13,16). The fourth-order valence-electron chi connectivity index (χ4n) is 1.45. The summed E-state index contributed by atoms with van der Waals surface area (Å²) >= 11 is 5.10. The molecule has 8 heteroatoms. The molecule has 0 aliphatic rings. The largest absolute Gasteiger partial charge is 0.409 e. The molecule has 3 N–H and O–H groups in total. The van der Waals surface area contributed by atoms with E-state index < -0.39 is 0 Å². The second-order valence-corrected chi connectivity index (χ2v) is 5.74. The molecule has 0 fully saturated rings. The van der Waals surface area contributed by atoms with Crippen LogP contribution in [0.1, 0.15) is 10.6 Å². The molecule has 19 heavy (non-hydrogen) atoms. The van der Waals surface area contributed by atoms with Gasteiger partial charge in [-0.15, -0.1) is 11.3 Å². The van der Waals surface area contributed by atoms with E-state index in [1.54, 1.807) is 17.5 Å². The maximum atomic E-state index is 8.55. The number of nitrogens with two attached hydrogens (primary N) is 1. The molecule has 0 bridgehead atoms. The molecule has 0 spiro atoms. The van der Waals surface area contributed by atoms with Crippen molar-refractivity contribution in [3.63, 3.8) is 0 Å². The van der Waals surface area contributed by atoms with Crippen molar-refractivity contribution >= 4 is 38.9 Å². The zero-order chi connectivity index (χ0) is 13.8. The molecule has 0 radical (unpaired) electrons. The summed E-state index contributed by atoms with van der Waals surface area (Å²) < 4.78 is 1.08. The lowest BCUT2D eigenvalue weighted by atomic mass is 10.4. The Morgan fingerprint density at radius 1 is 1.53 bits per heavy atom. The fourth-order valence-corrected chi connectivity index (χ4v) is 2.96. The molecule has 2 rings (SSSR count). The van der Waals surface area contributed by atoms with Crippen molar-refractivity contribution in [2.45, 2.75) is 6.54 Å². The van der Waals surface area contributed by atoms with Crippen molar-refractivity contribution in [1.82, 2.24) is 9.97 Å². The summed E-state index contributed by atoms with van der Waals surface area (Å²) in [5.74, 6) is 0.669. The molecule has 0 aliphatic heterocycles. The first kappa shape index (κ1) is 13.8. The minimum Gasteiger partial charge on any atom is -0.409 e. The molecular weight excluding hydrogens is 330 g/mol. The van der Waals surface area contributed by atoms with Gasteiger partial charge in [0.15, 0.2) is 5.84 Å². The van der Waals surface area contributed by atoms with Crippen molar-refractivity contribution in [1.29, 1.82) is 0 Å². The lowest BCUT2D eigenvalue weighted by molar-refractivity contribution is 0.318. The first-order chi connectivity index (χ1) is 9.10. The monoisotopic (exact) mass is 341 g/mol. The predicted octanol–water partition coefficient (Wildman–Crippen LogP) is 2.03. The second-order valence-electron chi connectivity index (χ2n) is 3.83. The van der Waals surface area contributed by atoms with E-state index in [1.165, 1.54) is 11.1 Å². The topological polar surface area (TPSA) is 87.6 Å². The molecule has 0 aromatic carbocycles. The number of hydrogen-bond donors (Lipinski definition) is 2. The number of thiophene rings is 1. The Kier molecular flexibility index (Phi) is 4.33. The molecular formula is C11H12BrN5OS. The Labute approximate surface area is 122 Å². The summed E-state index contributed by atoms with van der Waals surface area (Å²) in [6, 6.07) is 2.07. The summed E-state index contributed by atoms with van der Waals surface area (Å²) in [6.45, 7) is 0.744. The van der Waals surface area contributed by atoms with Gasteiger partial charge in [-0.25, -0.2) is 9.97 Å². The minimum atomic E-state index is -0.0520. The fraction of sp³-hybridized carbons (Fsp3) is 0.182. The average Bonchev–Trinajstić information content (AvgIpc) is 2.83. The highest BCUT2D eigenvalue weighted by atomic mass is 79.9. The van der Waals surface area contributed by atoms with Crippen LogP contribution in [0.5, 0.6) is 0 Å². The van der Waals surface area contributed by atoms with Crippen molar-refractivity contribution in [2.24, 2.45) is 10.9 Å². The number of amidine groups is 1. The molecule has 2 aromatic heterocycles. The van der Waals surface area contributed by atoms with E-state index in [-0.39, 0.29) is 5.84 Å². The van der Waals surface area contributed by atoms with Gasteiger partial charge in [0.25, 0.3) is 0 Å². The quantitative estimate of drug-likeness (QED) is 0.384. The van der Waals surface area contributed by atoms with E-state index in [9.17, 15) is 0 Å². The van der Waals surface area contributed by atoms with Crippen molar-refractivity contribution in [3.05, 3.63) is 38.9 Å². The highest BCUT2D eigenvalue weighted by Gasteiger charge is 2.07. The summed E-state index contributed by atoms with van der Waals surface area (Å²) in [5, 5.41) is 13.5. The zero-order valence-corrected chi connectivity index (χ0v) is 12.5. The Balaban J connectivity index is 2.09. The van der Waals surface area contributed by atoms with Gasteiger partial charge >= 0.3 is 0 Å². The van der Waals surface area contributed by atoms with Crippen LogP contribution in [0.2, 0.25) is 0 Å². The summed E-state index contributed by atoms with van der Waals surface area (Å²) in [6.07, 6.45) is 3.07. The van der Waals surface area contributed by atoms with Gasteiger partial charge in [-0.05, 0) is 22.0 Å². The Morgan fingerprint density at radius 2 is 2.32 bits per heavy atom. The van der Waals surface area contributed by atoms with Crippen LogP contribution in [0, 0.1) is 0 Å². The van der Waals surface area contributed by atoms with Crippen LogP contribution < -0.4 is 10.6 Å². The van der Waals surface area contributed by atoms with Crippen molar-refractivity contribution in [2.75, 3.05) is 11.9 Å². The molecule has 0 atom stereocenters. The van der Waals surface area contributed by atoms with Crippen LogP contribution in [0.4, 0.5) is 5.82 Å². The molecule has 0 amide bonds. The number of aromatic nitrogens is 2. The lowest BCUT2D eigenvalue weighted by Crippen LogP contribution is -2.19. The Morgan fingerprint density at radius 3 is 2.84 bits per heavy atom. The van der Waals surface area contributed by atoms with Crippen LogP contribution in [-0.2, 0) is 6.54 Å². The van der Waals surface area contributed by atoms with E-state index in [2.05, 4.69) is 37.1 Å². The van der Waals surface area contributed by atoms with Crippen LogP contribution in [0.3, 0.4) is 0 Å². The first-order valence-corrected chi connectivity index (χ1v) is 7.01. The maximum Gasteiger partial charge on any atom is 0.190 e. The van der Waals surface area contributed by atoms with Crippen molar-refractivity contribution < 1.29 is 5.21 Å². The van der Waals surface area contributed by atoms with Crippen LogP contribution in [0.15, 0.2) is 33.5 Å². The van der Waals surface area contributed by atoms with Gasteiger partial charge < -0.3 is 15.8 Å². The highest BCUT2D eigenvalue weighted by molar-refractivity contribution is 9.10. The number of rotatable bonds is 4. The Hall–Kier alpha value is -1.67. The van der Waals surface area contributed by atoms with Crippen molar-refractivity contribution in [3.8, 4) is 0 Å². The molecule has 2 aromatic rings. The summed E-state index contributed by atoms with van der Waals surface area (Å²) in [7, 11) is 1.93. The average molecular weight is 342 g/mol. The number of nitrogens with zero attached hydrogens (tertiary/aromatic N) is 4. The van der Waals surface area contributed by atoms with Gasteiger partial charge in [0.2, 0.25) is 0 Å². The van der Waals surface area contributed by atoms with Gasteiger partial charge in [-0.1, -0.05) is 5.16 Å². The number of anilines is 1. The van der Waals surface area contributed by atoms with E-state index >= 15 is 0 Å². The molecule has 6 nitrogen and oxygen atoms in total. The minimum absolute atomic E-state index is 0.0520. The van der Waals surface area contributed by atoms with Gasteiger partial charge in [0.1, 0.15) is 11.5 Å². The molecule has 2 heterocycles. The summed E-state index contributed by atoms with van der Waals surface area (Å²) in [4.78, 5) is 11.5. The third-order valence-electron chi connectivity index (χ3n) is 2.41. The van der Waals surface area contributed by atoms with Gasteiger partial charge in [0, 0.05) is 21.8 Å². The normalized spacial score (nSPS) is 11.6. The second kappa shape index (κ2) is 5.98. The maximum absolute atomic E-state index is 8.55. The smallest absolute Gasteiger partial charge is 0.190 e. The van der Waals surface area contributed by atoms with Gasteiger partial charge in [-0.3, -0.25) is 0 Å².